The van der Waals surface area contributed by atoms with Gasteiger partial charge >= 0.3 is 0 Å². The summed E-state index contributed by atoms with van der Waals surface area (Å²) in [6.45, 7) is 4.73. The van der Waals surface area contributed by atoms with Crippen LogP contribution in [0, 0.1) is 11.8 Å². The minimum Gasteiger partial charge on any atom is -0.316 e. The molecular formula is C12H21N3. The van der Waals surface area contributed by atoms with Crippen LogP contribution in [0.5, 0.6) is 0 Å². The molecule has 0 amide bonds. The highest BCUT2D eigenvalue weighted by atomic mass is 15.2. The Labute approximate surface area is 91.9 Å². The van der Waals surface area contributed by atoms with E-state index in [1.165, 1.54) is 31.6 Å². The molecule has 0 radical (unpaired) electrons. The Morgan fingerprint density at radius 3 is 3.07 bits per heavy atom. The molecule has 3 nitrogen and oxygen atoms in total. The second-order valence-electron chi connectivity index (χ2n) is 4.85. The molecule has 2 heterocycles. The van der Waals surface area contributed by atoms with E-state index < -0.39 is 0 Å². The summed E-state index contributed by atoms with van der Waals surface area (Å²) in [7, 11) is 2.02. The molecule has 0 saturated carbocycles. The molecule has 15 heavy (non-hydrogen) atoms. The van der Waals surface area contributed by atoms with Crippen LogP contribution in [0.2, 0.25) is 0 Å². The Kier molecular flexibility index (Phi) is 3.41. The van der Waals surface area contributed by atoms with Crippen LogP contribution in [0.15, 0.2) is 12.3 Å². The summed E-state index contributed by atoms with van der Waals surface area (Å²) in [4.78, 5) is 0. The van der Waals surface area contributed by atoms with E-state index in [4.69, 9.17) is 0 Å². The second kappa shape index (κ2) is 4.79. The number of nitrogens with zero attached hydrogens (tertiary/aromatic N) is 2. The van der Waals surface area contributed by atoms with Crippen LogP contribution < -0.4 is 5.32 Å². The van der Waals surface area contributed by atoms with Gasteiger partial charge in [-0.2, -0.15) is 5.10 Å². The Morgan fingerprint density at radius 2 is 2.40 bits per heavy atom. The molecule has 1 aliphatic heterocycles. The van der Waals surface area contributed by atoms with Crippen molar-refractivity contribution >= 4 is 0 Å². The van der Waals surface area contributed by atoms with Gasteiger partial charge in [-0.25, -0.2) is 0 Å². The van der Waals surface area contributed by atoms with Crippen LogP contribution in [-0.4, -0.2) is 22.9 Å². The van der Waals surface area contributed by atoms with Crippen molar-refractivity contribution < 1.29 is 0 Å². The van der Waals surface area contributed by atoms with E-state index in [-0.39, 0.29) is 0 Å². The fourth-order valence-corrected chi connectivity index (χ4v) is 2.49. The zero-order valence-corrected chi connectivity index (χ0v) is 9.74. The molecule has 0 aliphatic carbocycles. The zero-order valence-electron chi connectivity index (χ0n) is 9.74. The molecule has 84 valence electrons. The van der Waals surface area contributed by atoms with Gasteiger partial charge in [-0.3, -0.25) is 4.68 Å². The smallest absolute Gasteiger partial charge is 0.0492 e. The summed E-state index contributed by atoms with van der Waals surface area (Å²) in [5.41, 5.74) is 1.35. The molecule has 2 rings (SSSR count). The maximum Gasteiger partial charge on any atom is 0.0492 e. The van der Waals surface area contributed by atoms with Gasteiger partial charge in [-0.15, -0.1) is 0 Å². The van der Waals surface area contributed by atoms with E-state index in [1.807, 2.05) is 17.9 Å². The van der Waals surface area contributed by atoms with Gasteiger partial charge in [0.15, 0.2) is 0 Å². The Balaban J connectivity index is 1.80. The number of aromatic nitrogens is 2. The normalized spacial score (nSPS) is 26.8. The van der Waals surface area contributed by atoms with Gasteiger partial charge in [0, 0.05) is 18.9 Å². The molecule has 0 spiro atoms. The predicted octanol–water partition coefficient (Wildman–Crippen LogP) is 1.60. The SMILES string of the molecule is CC1CNCC(CCc2ccnn2C)C1. The van der Waals surface area contributed by atoms with Crippen LogP contribution in [0.4, 0.5) is 0 Å². The van der Waals surface area contributed by atoms with Gasteiger partial charge in [0.05, 0.1) is 0 Å². The first-order chi connectivity index (χ1) is 7.25. The van der Waals surface area contributed by atoms with Gasteiger partial charge < -0.3 is 5.32 Å². The molecule has 3 heteroatoms. The molecule has 0 bridgehead atoms. The summed E-state index contributed by atoms with van der Waals surface area (Å²) in [6, 6.07) is 2.12. The number of nitrogens with one attached hydrogen (secondary N) is 1. The fraction of sp³-hybridized carbons (Fsp3) is 0.750. The average Bonchev–Trinajstić information content (AvgIpc) is 2.61. The quantitative estimate of drug-likeness (QED) is 0.816. The third-order valence-corrected chi connectivity index (χ3v) is 3.39. The lowest BCUT2D eigenvalue weighted by Crippen LogP contribution is -2.35. The topological polar surface area (TPSA) is 29.9 Å². The van der Waals surface area contributed by atoms with Gasteiger partial charge in [-0.05, 0) is 50.3 Å². The number of hydrogen-bond donors (Lipinski definition) is 1. The number of piperidine rings is 1. The first kappa shape index (κ1) is 10.7. The molecule has 2 unspecified atom stereocenters. The number of rotatable bonds is 3. The Bertz CT molecular complexity index is 306. The Morgan fingerprint density at radius 1 is 1.53 bits per heavy atom. The molecule has 2 atom stereocenters. The summed E-state index contributed by atoms with van der Waals surface area (Å²) in [5.74, 6) is 1.69. The van der Waals surface area contributed by atoms with Crippen molar-refractivity contribution in [2.45, 2.75) is 26.2 Å². The second-order valence-corrected chi connectivity index (χ2v) is 4.85. The third kappa shape index (κ3) is 2.81. The van der Waals surface area contributed by atoms with Crippen LogP contribution in [0.1, 0.15) is 25.5 Å². The van der Waals surface area contributed by atoms with E-state index in [9.17, 15) is 0 Å². The molecular weight excluding hydrogens is 186 g/mol. The Hall–Kier alpha value is -0.830. The molecule has 1 aromatic heterocycles. The highest BCUT2D eigenvalue weighted by Crippen LogP contribution is 2.20. The third-order valence-electron chi connectivity index (χ3n) is 3.39. The molecule has 1 saturated heterocycles. The first-order valence-corrected chi connectivity index (χ1v) is 5.93. The highest BCUT2D eigenvalue weighted by Gasteiger charge is 2.18. The largest absolute Gasteiger partial charge is 0.316 e. The van der Waals surface area contributed by atoms with Crippen molar-refractivity contribution in [3.63, 3.8) is 0 Å². The van der Waals surface area contributed by atoms with Gasteiger partial charge in [0.1, 0.15) is 0 Å². The van der Waals surface area contributed by atoms with E-state index in [0.717, 1.165) is 18.3 Å². The fourth-order valence-electron chi connectivity index (χ4n) is 2.49. The lowest BCUT2D eigenvalue weighted by molar-refractivity contribution is 0.288. The maximum atomic E-state index is 4.20. The first-order valence-electron chi connectivity index (χ1n) is 5.93. The highest BCUT2D eigenvalue weighted by molar-refractivity contribution is 5.00. The van der Waals surface area contributed by atoms with E-state index in [2.05, 4.69) is 23.4 Å². The summed E-state index contributed by atoms with van der Waals surface area (Å²) >= 11 is 0. The van der Waals surface area contributed by atoms with E-state index in [0.29, 0.717) is 0 Å². The van der Waals surface area contributed by atoms with Crippen molar-refractivity contribution in [1.29, 1.82) is 0 Å². The van der Waals surface area contributed by atoms with E-state index >= 15 is 0 Å². The number of hydrogen-bond acceptors (Lipinski definition) is 2. The summed E-state index contributed by atoms with van der Waals surface area (Å²) in [5, 5.41) is 7.70. The van der Waals surface area contributed by atoms with E-state index in [1.54, 1.807) is 0 Å². The molecule has 1 aromatic rings. The van der Waals surface area contributed by atoms with Crippen LogP contribution >= 0.6 is 0 Å². The van der Waals surface area contributed by atoms with Crippen LogP contribution in [0.25, 0.3) is 0 Å². The average molecular weight is 207 g/mol. The van der Waals surface area contributed by atoms with Crippen molar-refractivity contribution in [1.82, 2.24) is 15.1 Å². The predicted molar refractivity (Wildman–Crippen MR) is 61.7 cm³/mol. The number of aryl methyl sites for hydroxylation is 2. The summed E-state index contributed by atoms with van der Waals surface area (Å²) < 4.78 is 1.99. The van der Waals surface area contributed by atoms with Crippen LogP contribution in [-0.2, 0) is 13.5 Å². The van der Waals surface area contributed by atoms with Crippen LogP contribution in [0.3, 0.4) is 0 Å². The lowest BCUT2D eigenvalue weighted by atomic mass is 9.88. The molecule has 1 N–H and O–H groups in total. The minimum atomic E-state index is 0.843. The zero-order chi connectivity index (χ0) is 10.7. The standard InChI is InChI=1S/C12H21N3/c1-10-7-11(9-13-8-10)3-4-12-5-6-14-15(12)2/h5-6,10-11,13H,3-4,7-9H2,1-2H3. The molecule has 0 aromatic carbocycles. The van der Waals surface area contributed by atoms with Gasteiger partial charge in [-0.1, -0.05) is 6.92 Å². The van der Waals surface area contributed by atoms with Crippen molar-refractivity contribution in [2.24, 2.45) is 18.9 Å². The van der Waals surface area contributed by atoms with Crippen molar-refractivity contribution in [3.05, 3.63) is 18.0 Å². The monoisotopic (exact) mass is 207 g/mol. The van der Waals surface area contributed by atoms with Gasteiger partial charge in [0.2, 0.25) is 0 Å². The van der Waals surface area contributed by atoms with Gasteiger partial charge in [0.25, 0.3) is 0 Å². The van der Waals surface area contributed by atoms with Crippen molar-refractivity contribution in [3.8, 4) is 0 Å². The van der Waals surface area contributed by atoms with Crippen molar-refractivity contribution in [2.75, 3.05) is 13.1 Å². The molecule has 1 aliphatic rings. The molecule has 1 fully saturated rings. The minimum absolute atomic E-state index is 0.843. The lowest BCUT2D eigenvalue weighted by Gasteiger charge is -2.27. The maximum absolute atomic E-state index is 4.20. The summed E-state index contributed by atoms with van der Waals surface area (Å²) in [6.07, 6.45) is 5.72.